The predicted octanol–water partition coefficient (Wildman–Crippen LogP) is 3.79. The number of sulfone groups is 1. The van der Waals surface area contributed by atoms with Crippen LogP contribution in [0.2, 0.25) is 0 Å². The number of piperidine rings is 1. The van der Waals surface area contributed by atoms with Crippen molar-refractivity contribution in [1.82, 2.24) is 14.7 Å². The molecule has 0 aromatic heterocycles. The van der Waals surface area contributed by atoms with Crippen molar-refractivity contribution in [2.45, 2.75) is 62.7 Å². The van der Waals surface area contributed by atoms with Crippen LogP contribution in [-0.4, -0.2) is 71.9 Å². The van der Waals surface area contributed by atoms with Gasteiger partial charge in [-0.3, -0.25) is 9.59 Å². The van der Waals surface area contributed by atoms with E-state index >= 15 is 0 Å². The molecule has 0 bridgehead atoms. The summed E-state index contributed by atoms with van der Waals surface area (Å²) in [5.41, 5.74) is 2.42. The third-order valence-corrected chi connectivity index (χ3v) is 10.4. The van der Waals surface area contributed by atoms with Gasteiger partial charge in [0.05, 0.1) is 6.42 Å². The van der Waals surface area contributed by atoms with E-state index in [2.05, 4.69) is 5.32 Å². The van der Waals surface area contributed by atoms with E-state index in [1.54, 1.807) is 29.2 Å². The molecular weight excluding hydrogens is 516 g/mol. The van der Waals surface area contributed by atoms with Crippen molar-refractivity contribution in [3.63, 3.8) is 0 Å². The highest BCUT2D eigenvalue weighted by Crippen LogP contribution is 2.39. The molecule has 5 rings (SSSR count). The molecule has 39 heavy (non-hydrogen) atoms. The molecule has 2 aromatic rings. The predicted molar refractivity (Wildman–Crippen MR) is 148 cm³/mol. The lowest BCUT2D eigenvalue weighted by molar-refractivity contribution is -0.137. The number of rotatable bonds is 7. The van der Waals surface area contributed by atoms with Gasteiger partial charge in [0, 0.05) is 37.9 Å². The summed E-state index contributed by atoms with van der Waals surface area (Å²) >= 11 is 0. The largest absolute Gasteiger partial charge is 0.342 e. The van der Waals surface area contributed by atoms with Crippen LogP contribution in [0.25, 0.3) is 0 Å². The molecule has 0 radical (unpaired) electrons. The number of hydrogen-bond acceptors (Lipinski definition) is 5. The summed E-state index contributed by atoms with van der Waals surface area (Å²) < 4.78 is 27.4. The Bertz CT molecular complexity index is 1340. The number of nitrogens with zero attached hydrogens (tertiary/aromatic N) is 3. The normalized spacial score (nSPS) is 23.2. The Kier molecular flexibility index (Phi) is 7.66. The number of urea groups is 1. The Morgan fingerprint density at radius 3 is 2.36 bits per heavy atom. The van der Waals surface area contributed by atoms with Gasteiger partial charge in [0.25, 0.3) is 0 Å². The zero-order chi connectivity index (χ0) is 27.7. The second-order valence-electron chi connectivity index (χ2n) is 11.1. The number of carbonyl (C=O) groups excluding carboxylic acids is 3. The Morgan fingerprint density at radius 2 is 1.67 bits per heavy atom. The highest BCUT2D eigenvalue weighted by molar-refractivity contribution is 7.93. The summed E-state index contributed by atoms with van der Waals surface area (Å²) in [6.07, 6.45) is 1.51. The monoisotopic (exact) mass is 552 g/mol. The third kappa shape index (κ3) is 5.39. The van der Waals surface area contributed by atoms with Gasteiger partial charge < -0.3 is 20.0 Å². The Morgan fingerprint density at radius 1 is 1.00 bits per heavy atom. The molecule has 2 fully saturated rings. The SMILES string of the molecule is CC(C)CCN1C(=O)C(CC(=O)N2CCC(N3Cc4ccccc4NC3=O)CC2)S(=O)(=O)C1c1ccccc1. The molecule has 0 aliphatic carbocycles. The number of anilines is 1. The number of amides is 4. The highest BCUT2D eigenvalue weighted by Gasteiger charge is 2.54. The number of nitrogens with one attached hydrogen (secondary N) is 1. The van der Waals surface area contributed by atoms with E-state index in [1.165, 1.54) is 4.90 Å². The van der Waals surface area contributed by atoms with Gasteiger partial charge in [0.15, 0.2) is 20.5 Å². The van der Waals surface area contributed by atoms with Gasteiger partial charge in [-0.1, -0.05) is 62.4 Å². The molecule has 9 nitrogen and oxygen atoms in total. The first-order valence-electron chi connectivity index (χ1n) is 13.7. The number of carbonyl (C=O) groups is 3. The number of likely N-dealkylation sites (tertiary alicyclic amines) is 1. The summed E-state index contributed by atoms with van der Waals surface area (Å²) in [7, 11) is -3.96. The topological polar surface area (TPSA) is 107 Å². The summed E-state index contributed by atoms with van der Waals surface area (Å²) in [4.78, 5) is 44.4. The molecule has 10 heteroatoms. The molecule has 1 N–H and O–H groups in total. The van der Waals surface area contributed by atoms with Crippen molar-refractivity contribution in [3.05, 3.63) is 65.7 Å². The van der Waals surface area contributed by atoms with Crippen LogP contribution in [0.4, 0.5) is 10.5 Å². The van der Waals surface area contributed by atoms with E-state index in [9.17, 15) is 22.8 Å². The maximum Gasteiger partial charge on any atom is 0.322 e. The Labute approximate surface area is 230 Å². The lowest BCUT2D eigenvalue weighted by Gasteiger charge is -2.40. The van der Waals surface area contributed by atoms with E-state index < -0.39 is 26.4 Å². The van der Waals surface area contributed by atoms with Crippen LogP contribution in [0.5, 0.6) is 0 Å². The second-order valence-corrected chi connectivity index (χ2v) is 13.3. The maximum atomic E-state index is 13.7. The molecule has 2 aromatic carbocycles. The first-order chi connectivity index (χ1) is 18.7. The lowest BCUT2D eigenvalue weighted by Crippen LogP contribution is -2.51. The smallest absolute Gasteiger partial charge is 0.322 e. The van der Waals surface area contributed by atoms with Crippen LogP contribution in [-0.2, 0) is 26.0 Å². The van der Waals surface area contributed by atoms with Gasteiger partial charge in [-0.2, -0.15) is 0 Å². The highest BCUT2D eigenvalue weighted by atomic mass is 32.2. The average molecular weight is 553 g/mol. The van der Waals surface area contributed by atoms with E-state index in [1.807, 2.05) is 49.1 Å². The summed E-state index contributed by atoms with van der Waals surface area (Å²) in [6, 6.07) is 16.3. The van der Waals surface area contributed by atoms with Crippen molar-refractivity contribution < 1.29 is 22.8 Å². The van der Waals surface area contributed by atoms with Crippen molar-refractivity contribution in [3.8, 4) is 0 Å². The molecule has 2 unspecified atom stereocenters. The van der Waals surface area contributed by atoms with Crippen LogP contribution in [0.15, 0.2) is 54.6 Å². The number of para-hydroxylation sites is 1. The molecule has 0 spiro atoms. The van der Waals surface area contributed by atoms with Gasteiger partial charge in [0.2, 0.25) is 11.8 Å². The van der Waals surface area contributed by atoms with Crippen LogP contribution in [0.1, 0.15) is 56.0 Å². The number of benzene rings is 2. The maximum absolute atomic E-state index is 13.7. The van der Waals surface area contributed by atoms with E-state index in [4.69, 9.17) is 0 Å². The number of hydrogen-bond donors (Lipinski definition) is 1. The van der Waals surface area contributed by atoms with Crippen molar-refractivity contribution in [1.29, 1.82) is 0 Å². The average Bonchev–Trinajstić information content (AvgIpc) is 3.11. The third-order valence-electron chi connectivity index (χ3n) is 8.06. The van der Waals surface area contributed by atoms with Crippen LogP contribution in [0.3, 0.4) is 0 Å². The van der Waals surface area contributed by atoms with Crippen LogP contribution >= 0.6 is 0 Å². The second kappa shape index (κ2) is 11.0. The quantitative estimate of drug-likeness (QED) is 0.563. The summed E-state index contributed by atoms with van der Waals surface area (Å²) in [6.45, 7) is 5.73. The van der Waals surface area contributed by atoms with Gasteiger partial charge in [0.1, 0.15) is 0 Å². The van der Waals surface area contributed by atoms with Gasteiger partial charge in [-0.25, -0.2) is 13.2 Å². The lowest BCUT2D eigenvalue weighted by atomic mass is 10.0. The van der Waals surface area contributed by atoms with Gasteiger partial charge >= 0.3 is 6.03 Å². The molecule has 208 valence electrons. The van der Waals surface area contributed by atoms with Crippen LogP contribution < -0.4 is 5.32 Å². The van der Waals surface area contributed by atoms with E-state index in [0.29, 0.717) is 56.9 Å². The molecular formula is C29H36N4O5S. The standard InChI is InChI=1S/C29H36N4O5S/c1-20(2)12-17-32-27(35)25(39(37,38)28(32)21-8-4-3-5-9-21)18-26(34)31-15-13-23(14-16-31)33-19-22-10-6-7-11-24(22)30-29(33)36/h3-11,20,23,25,28H,12-19H2,1-2H3,(H,30,36). The molecule has 0 saturated carbocycles. The minimum Gasteiger partial charge on any atom is -0.342 e. The molecule has 3 aliphatic rings. The van der Waals surface area contributed by atoms with E-state index in [-0.39, 0.29) is 24.4 Å². The molecule has 3 aliphatic heterocycles. The van der Waals surface area contributed by atoms with Crippen molar-refractivity contribution >= 4 is 33.4 Å². The van der Waals surface area contributed by atoms with Crippen LogP contribution in [0, 0.1) is 5.92 Å². The van der Waals surface area contributed by atoms with Gasteiger partial charge in [-0.05, 0) is 42.4 Å². The van der Waals surface area contributed by atoms with Crippen molar-refractivity contribution in [2.75, 3.05) is 25.0 Å². The zero-order valence-corrected chi connectivity index (χ0v) is 23.3. The van der Waals surface area contributed by atoms with Gasteiger partial charge in [-0.15, -0.1) is 0 Å². The fourth-order valence-electron chi connectivity index (χ4n) is 5.82. The number of fused-ring (bicyclic) bond motifs is 1. The molecule has 2 atom stereocenters. The summed E-state index contributed by atoms with van der Waals surface area (Å²) in [5, 5.41) is 0.480. The zero-order valence-electron chi connectivity index (χ0n) is 22.5. The minimum atomic E-state index is -3.96. The summed E-state index contributed by atoms with van der Waals surface area (Å²) in [5.74, 6) is -0.521. The van der Waals surface area contributed by atoms with Crippen molar-refractivity contribution in [2.24, 2.45) is 5.92 Å². The Hall–Kier alpha value is -3.40. The van der Waals surface area contributed by atoms with E-state index in [0.717, 1.165) is 11.3 Å². The first kappa shape index (κ1) is 27.2. The Balaban J connectivity index is 1.25. The molecule has 2 saturated heterocycles. The molecule has 3 heterocycles. The molecule has 4 amide bonds. The fourth-order valence-corrected chi connectivity index (χ4v) is 8.02. The first-order valence-corrected chi connectivity index (χ1v) is 15.3. The minimum absolute atomic E-state index is 0.0202. The fraction of sp³-hybridized carbons (Fsp3) is 0.483.